The topological polar surface area (TPSA) is 32.7 Å². The molecule has 1 heterocycles. The second-order valence-corrected chi connectivity index (χ2v) is 5.12. The minimum atomic E-state index is -4.31. The highest BCUT2D eigenvalue weighted by Gasteiger charge is 2.28. The molecule has 2 rings (SSSR count). The van der Waals surface area contributed by atoms with Crippen LogP contribution in [-0.4, -0.2) is 42.5 Å². The molecule has 1 aliphatic heterocycles. The minimum Gasteiger partial charge on any atom is -0.484 e. The second kappa shape index (κ2) is 6.45. The fourth-order valence-corrected chi connectivity index (χ4v) is 2.32. The minimum absolute atomic E-state index is 0.209. The van der Waals surface area contributed by atoms with Crippen LogP contribution in [0.4, 0.5) is 13.2 Å². The van der Waals surface area contributed by atoms with Gasteiger partial charge in [0.15, 0.2) is 6.61 Å². The molecule has 1 aromatic carbocycles. The summed E-state index contributed by atoms with van der Waals surface area (Å²) in [6, 6.07) is 6.66. The highest BCUT2D eigenvalue weighted by Crippen LogP contribution is 2.21. The number of rotatable bonds is 5. The molecule has 1 unspecified atom stereocenters. The lowest BCUT2D eigenvalue weighted by molar-refractivity contribution is -0.153. The van der Waals surface area contributed by atoms with Gasteiger partial charge >= 0.3 is 6.18 Å². The average molecular weight is 289 g/mol. The molecule has 20 heavy (non-hydrogen) atoms. The lowest BCUT2D eigenvalue weighted by Crippen LogP contribution is -2.21. The Morgan fingerprint density at radius 3 is 2.50 bits per heavy atom. The first-order valence-electron chi connectivity index (χ1n) is 6.58. The van der Waals surface area contributed by atoms with Crippen molar-refractivity contribution in [3.05, 3.63) is 29.8 Å². The number of benzene rings is 1. The Bertz CT molecular complexity index is 419. The van der Waals surface area contributed by atoms with Crippen molar-refractivity contribution in [3.8, 4) is 5.75 Å². The summed E-state index contributed by atoms with van der Waals surface area (Å²) in [5, 5.41) is 9.08. The van der Waals surface area contributed by atoms with Crippen LogP contribution in [-0.2, 0) is 6.54 Å². The summed E-state index contributed by atoms with van der Waals surface area (Å²) in [4.78, 5) is 2.23. The van der Waals surface area contributed by atoms with Crippen molar-refractivity contribution in [1.82, 2.24) is 4.90 Å². The highest BCUT2D eigenvalue weighted by molar-refractivity contribution is 5.27. The molecule has 0 aliphatic carbocycles. The van der Waals surface area contributed by atoms with E-state index in [2.05, 4.69) is 9.64 Å². The van der Waals surface area contributed by atoms with Gasteiger partial charge in [-0.15, -0.1) is 0 Å². The summed E-state index contributed by atoms with van der Waals surface area (Å²) in [5.41, 5.74) is 1.03. The third-order valence-corrected chi connectivity index (χ3v) is 3.36. The number of alkyl halides is 3. The smallest absolute Gasteiger partial charge is 0.422 e. The Kier molecular flexibility index (Phi) is 4.88. The zero-order chi connectivity index (χ0) is 14.6. The van der Waals surface area contributed by atoms with E-state index in [1.165, 1.54) is 0 Å². The Morgan fingerprint density at radius 1 is 1.25 bits per heavy atom. The van der Waals surface area contributed by atoms with E-state index < -0.39 is 12.8 Å². The van der Waals surface area contributed by atoms with Gasteiger partial charge in [0.25, 0.3) is 0 Å². The quantitative estimate of drug-likeness (QED) is 0.903. The van der Waals surface area contributed by atoms with Crippen LogP contribution < -0.4 is 4.74 Å². The van der Waals surface area contributed by atoms with Gasteiger partial charge in [-0.2, -0.15) is 13.2 Å². The number of hydrogen-bond donors (Lipinski definition) is 1. The van der Waals surface area contributed by atoms with Crippen molar-refractivity contribution < 1.29 is 23.0 Å². The first kappa shape index (κ1) is 15.1. The first-order valence-corrected chi connectivity index (χ1v) is 6.58. The number of aliphatic hydroxyl groups is 1. The lowest BCUT2D eigenvalue weighted by Gasteiger charge is -2.16. The Hall–Kier alpha value is -1.27. The highest BCUT2D eigenvalue weighted by atomic mass is 19.4. The van der Waals surface area contributed by atoms with Gasteiger partial charge in [-0.05, 0) is 36.6 Å². The largest absolute Gasteiger partial charge is 0.484 e. The molecule has 1 N–H and O–H groups in total. The Morgan fingerprint density at radius 2 is 1.95 bits per heavy atom. The van der Waals surface area contributed by atoms with Crippen molar-refractivity contribution in [2.45, 2.75) is 19.1 Å². The summed E-state index contributed by atoms with van der Waals surface area (Å²) >= 11 is 0. The van der Waals surface area contributed by atoms with Crippen molar-refractivity contribution in [2.24, 2.45) is 5.92 Å². The van der Waals surface area contributed by atoms with E-state index in [0.29, 0.717) is 5.92 Å². The van der Waals surface area contributed by atoms with Gasteiger partial charge in [-0.1, -0.05) is 12.1 Å². The number of nitrogens with zero attached hydrogens (tertiary/aromatic N) is 1. The van der Waals surface area contributed by atoms with Crippen molar-refractivity contribution in [2.75, 3.05) is 26.3 Å². The Balaban J connectivity index is 1.83. The van der Waals surface area contributed by atoms with E-state index in [-0.39, 0.29) is 12.4 Å². The van der Waals surface area contributed by atoms with Gasteiger partial charge < -0.3 is 9.84 Å². The normalized spacial score (nSPS) is 20.3. The fraction of sp³-hybridized carbons (Fsp3) is 0.571. The molecule has 0 aromatic heterocycles. The monoisotopic (exact) mass is 289 g/mol. The number of aliphatic hydroxyl groups excluding tert-OH is 1. The van der Waals surface area contributed by atoms with Gasteiger partial charge in [-0.3, -0.25) is 4.90 Å². The number of likely N-dealkylation sites (tertiary alicyclic amines) is 1. The lowest BCUT2D eigenvalue weighted by atomic mass is 10.1. The van der Waals surface area contributed by atoms with Gasteiger partial charge in [0.2, 0.25) is 0 Å². The van der Waals surface area contributed by atoms with Crippen LogP contribution in [0.1, 0.15) is 12.0 Å². The van der Waals surface area contributed by atoms with Crippen LogP contribution in [0, 0.1) is 5.92 Å². The van der Waals surface area contributed by atoms with E-state index in [4.69, 9.17) is 5.11 Å². The maximum absolute atomic E-state index is 12.0. The van der Waals surface area contributed by atoms with Gasteiger partial charge in [-0.25, -0.2) is 0 Å². The van der Waals surface area contributed by atoms with Crippen LogP contribution >= 0.6 is 0 Å². The molecule has 112 valence electrons. The summed E-state index contributed by atoms with van der Waals surface area (Å²) in [5.74, 6) is 0.560. The summed E-state index contributed by atoms with van der Waals surface area (Å²) < 4.78 is 40.7. The molecule has 3 nitrogen and oxygen atoms in total. The molecular weight excluding hydrogens is 271 g/mol. The molecule has 1 fully saturated rings. The number of halogens is 3. The zero-order valence-corrected chi connectivity index (χ0v) is 11.1. The second-order valence-electron chi connectivity index (χ2n) is 5.12. The van der Waals surface area contributed by atoms with Crippen LogP contribution in [0.2, 0.25) is 0 Å². The third-order valence-electron chi connectivity index (χ3n) is 3.36. The molecular formula is C14H18F3NO2. The van der Waals surface area contributed by atoms with Crippen LogP contribution in [0.25, 0.3) is 0 Å². The summed E-state index contributed by atoms with van der Waals surface area (Å²) in [6.45, 7) is 1.49. The van der Waals surface area contributed by atoms with E-state index >= 15 is 0 Å². The molecule has 1 aliphatic rings. The van der Waals surface area contributed by atoms with E-state index in [9.17, 15) is 13.2 Å². The van der Waals surface area contributed by atoms with E-state index in [0.717, 1.165) is 31.6 Å². The molecule has 0 spiro atoms. The van der Waals surface area contributed by atoms with E-state index in [1.807, 2.05) is 0 Å². The summed E-state index contributed by atoms with van der Waals surface area (Å²) in [7, 11) is 0. The standard InChI is InChI=1S/C14H18F3NO2/c15-14(16,17)10-20-13-3-1-11(2-4-13)7-18-6-5-12(8-18)9-19/h1-4,12,19H,5-10H2. The molecule has 6 heteroatoms. The van der Waals surface area contributed by atoms with Gasteiger partial charge in [0.05, 0.1) is 0 Å². The molecule has 0 saturated carbocycles. The number of hydrogen-bond acceptors (Lipinski definition) is 3. The van der Waals surface area contributed by atoms with Gasteiger partial charge in [0, 0.05) is 19.7 Å². The SMILES string of the molecule is OCC1CCN(Cc2ccc(OCC(F)(F)F)cc2)C1. The predicted molar refractivity (Wildman–Crippen MR) is 68.5 cm³/mol. The fourth-order valence-electron chi connectivity index (χ4n) is 2.32. The van der Waals surface area contributed by atoms with Crippen LogP contribution in [0.3, 0.4) is 0 Å². The number of ether oxygens (including phenoxy) is 1. The van der Waals surface area contributed by atoms with Crippen molar-refractivity contribution in [3.63, 3.8) is 0 Å². The van der Waals surface area contributed by atoms with Crippen molar-refractivity contribution in [1.29, 1.82) is 0 Å². The third kappa shape index (κ3) is 4.68. The van der Waals surface area contributed by atoms with Crippen molar-refractivity contribution >= 4 is 0 Å². The maximum Gasteiger partial charge on any atom is 0.422 e. The predicted octanol–water partition coefficient (Wildman–Crippen LogP) is 2.44. The molecule has 1 atom stereocenters. The van der Waals surface area contributed by atoms with E-state index in [1.54, 1.807) is 24.3 Å². The van der Waals surface area contributed by atoms with Crippen LogP contribution in [0.5, 0.6) is 5.75 Å². The van der Waals surface area contributed by atoms with Gasteiger partial charge in [0.1, 0.15) is 5.75 Å². The molecule has 0 amide bonds. The molecule has 0 radical (unpaired) electrons. The summed E-state index contributed by atoms with van der Waals surface area (Å²) in [6.07, 6.45) is -3.32. The molecule has 1 saturated heterocycles. The maximum atomic E-state index is 12.0. The molecule has 1 aromatic rings. The zero-order valence-electron chi connectivity index (χ0n) is 11.1. The first-order chi connectivity index (χ1) is 9.46. The Labute approximate surface area is 116 Å². The van der Waals surface area contributed by atoms with Crippen LogP contribution in [0.15, 0.2) is 24.3 Å². The molecule has 0 bridgehead atoms. The average Bonchev–Trinajstić information content (AvgIpc) is 2.85.